The molecule has 0 bridgehead atoms. The Morgan fingerprint density at radius 3 is 1.55 bits per heavy atom. The molecule has 5 aromatic carbocycles. The number of rotatable bonds is 4. The van der Waals surface area contributed by atoms with Gasteiger partial charge in [0.2, 0.25) is 0 Å². The molecule has 2 nitrogen and oxygen atoms in total. The highest BCUT2D eigenvalue weighted by atomic mass is 28.3. The van der Waals surface area contributed by atoms with Crippen LogP contribution < -0.4 is 20.7 Å². The van der Waals surface area contributed by atoms with Gasteiger partial charge < -0.3 is 4.40 Å². The predicted octanol–water partition coefficient (Wildman–Crippen LogP) is 5.61. The Kier molecular flexibility index (Phi) is 4.57. The molecule has 0 fully saturated rings. The zero-order valence-electron chi connectivity index (χ0n) is 20.8. The maximum absolute atomic E-state index is 4.55. The number of fused-ring (bicyclic) bond motifs is 6. The van der Waals surface area contributed by atoms with Crippen LogP contribution in [-0.4, -0.2) is 17.5 Å². The molecule has 0 aliphatic carbocycles. The zero-order chi connectivity index (χ0) is 25.1. The van der Waals surface area contributed by atoms with Gasteiger partial charge in [0, 0.05) is 33.9 Å². The van der Waals surface area contributed by atoms with Gasteiger partial charge in [-0.1, -0.05) is 121 Å². The van der Waals surface area contributed by atoms with Crippen LogP contribution in [0.1, 0.15) is 0 Å². The lowest BCUT2D eigenvalue weighted by Gasteiger charge is -2.34. The summed E-state index contributed by atoms with van der Waals surface area (Å²) in [6.07, 6.45) is 3.94. The maximum atomic E-state index is 4.55. The fourth-order valence-electron chi connectivity index (χ4n) is 6.62. The Labute approximate surface area is 221 Å². The molecule has 0 radical (unpaired) electrons. The largest absolute Gasteiger partial charge is 0.308 e. The summed E-state index contributed by atoms with van der Waals surface area (Å²) in [7, 11) is -2.65. The molecule has 178 valence electrons. The Balaban J connectivity index is 1.62. The topological polar surface area (TPSA) is 17.3 Å². The average molecular weight is 501 g/mol. The van der Waals surface area contributed by atoms with E-state index in [0.29, 0.717) is 0 Å². The van der Waals surface area contributed by atoms with Gasteiger partial charge in [-0.15, -0.1) is 0 Å². The summed E-state index contributed by atoms with van der Waals surface area (Å²) in [5.74, 6) is 0. The van der Waals surface area contributed by atoms with Gasteiger partial charge in [-0.3, -0.25) is 4.98 Å². The SMILES string of the molecule is c1ccc([Si](c2ccccc2)(c2ccccc2)c2cc3c4ccccc4n4c5ccncc5c(c2)c34)cc1. The molecule has 0 aliphatic rings. The molecule has 8 aromatic rings. The van der Waals surface area contributed by atoms with Crippen LogP contribution in [-0.2, 0) is 0 Å². The third-order valence-electron chi connectivity index (χ3n) is 8.15. The lowest BCUT2D eigenvalue weighted by Crippen LogP contribution is -2.74. The van der Waals surface area contributed by atoms with Crippen LogP contribution in [0.25, 0.3) is 38.1 Å². The minimum Gasteiger partial charge on any atom is -0.308 e. The summed E-state index contributed by atoms with van der Waals surface area (Å²) in [5, 5.41) is 10.6. The third-order valence-corrected chi connectivity index (χ3v) is 12.9. The summed E-state index contributed by atoms with van der Waals surface area (Å²) in [6, 6.07) is 49.4. The van der Waals surface area contributed by atoms with E-state index < -0.39 is 8.07 Å². The fourth-order valence-corrected chi connectivity index (χ4v) is 11.4. The molecule has 0 aliphatic heterocycles. The normalized spacial score (nSPS) is 12.2. The lowest BCUT2D eigenvalue weighted by atomic mass is 10.1. The Morgan fingerprint density at radius 2 is 0.947 bits per heavy atom. The molecule has 0 saturated carbocycles. The van der Waals surface area contributed by atoms with E-state index in [4.69, 9.17) is 0 Å². The quantitative estimate of drug-likeness (QED) is 0.227. The number of pyridine rings is 1. The third kappa shape index (κ3) is 2.79. The number of nitrogens with zero attached hydrogens (tertiary/aromatic N) is 2. The van der Waals surface area contributed by atoms with Crippen LogP contribution in [0.5, 0.6) is 0 Å². The molecule has 3 heteroatoms. The van der Waals surface area contributed by atoms with Crippen molar-refractivity contribution in [3.8, 4) is 0 Å². The second kappa shape index (κ2) is 8.14. The lowest BCUT2D eigenvalue weighted by molar-refractivity contribution is 1.32. The highest BCUT2D eigenvalue weighted by Gasteiger charge is 2.42. The minimum atomic E-state index is -2.65. The second-order valence-corrected chi connectivity index (χ2v) is 13.8. The summed E-state index contributed by atoms with van der Waals surface area (Å²) >= 11 is 0. The van der Waals surface area contributed by atoms with E-state index in [-0.39, 0.29) is 0 Å². The van der Waals surface area contributed by atoms with Crippen molar-refractivity contribution in [1.82, 2.24) is 9.38 Å². The monoisotopic (exact) mass is 500 g/mol. The van der Waals surface area contributed by atoms with Crippen molar-refractivity contribution in [3.05, 3.63) is 146 Å². The van der Waals surface area contributed by atoms with Crippen LogP contribution in [0.4, 0.5) is 0 Å². The molecule has 0 atom stereocenters. The maximum Gasteiger partial charge on any atom is 0.179 e. The Bertz CT molecular complexity index is 1880. The van der Waals surface area contributed by atoms with E-state index >= 15 is 0 Å². The number of aromatic nitrogens is 2. The zero-order valence-corrected chi connectivity index (χ0v) is 21.8. The van der Waals surface area contributed by atoms with Crippen molar-refractivity contribution < 1.29 is 0 Å². The van der Waals surface area contributed by atoms with Gasteiger partial charge in [0.05, 0.1) is 16.6 Å². The predicted molar refractivity (Wildman–Crippen MR) is 163 cm³/mol. The molecule has 0 unspecified atom stereocenters. The first-order chi connectivity index (χ1) is 18.9. The molecular formula is C35H24N2Si. The summed E-state index contributed by atoms with van der Waals surface area (Å²) in [5.41, 5.74) is 3.75. The van der Waals surface area contributed by atoms with Crippen LogP contribution in [0.15, 0.2) is 146 Å². The first kappa shape index (κ1) is 21.4. The molecule has 38 heavy (non-hydrogen) atoms. The first-order valence-electron chi connectivity index (χ1n) is 13.1. The van der Waals surface area contributed by atoms with Gasteiger partial charge in [-0.25, -0.2) is 0 Å². The summed E-state index contributed by atoms with van der Waals surface area (Å²) in [4.78, 5) is 4.55. The van der Waals surface area contributed by atoms with Gasteiger partial charge in [0.25, 0.3) is 0 Å². The van der Waals surface area contributed by atoms with Crippen LogP contribution in [0, 0.1) is 0 Å². The van der Waals surface area contributed by atoms with E-state index in [1.807, 2.05) is 12.4 Å². The summed E-state index contributed by atoms with van der Waals surface area (Å²) in [6.45, 7) is 0. The number of benzene rings is 5. The molecule has 0 N–H and O–H groups in total. The van der Waals surface area contributed by atoms with Gasteiger partial charge in [-0.05, 0) is 32.9 Å². The van der Waals surface area contributed by atoms with Crippen molar-refractivity contribution in [3.63, 3.8) is 0 Å². The van der Waals surface area contributed by atoms with E-state index in [1.165, 1.54) is 58.8 Å². The molecule has 0 amide bonds. The average Bonchev–Trinajstić information content (AvgIpc) is 3.51. The molecule has 3 aromatic heterocycles. The van der Waals surface area contributed by atoms with Crippen molar-refractivity contribution in [2.45, 2.75) is 0 Å². The minimum absolute atomic E-state index is 1.21. The molecule has 0 spiro atoms. The van der Waals surface area contributed by atoms with Crippen LogP contribution >= 0.6 is 0 Å². The standard InChI is InChI=1S/C35H24N2Si/c1-4-12-25(13-5-1)38(26-14-6-2-7-15-26,27-16-8-3-9-17-27)28-22-30-29-18-10-11-19-33(29)37-34-20-21-36-24-32(34)31(23-28)35(30)37/h1-24H. The van der Waals surface area contributed by atoms with Crippen LogP contribution in [0.3, 0.4) is 0 Å². The van der Waals surface area contributed by atoms with Gasteiger partial charge >= 0.3 is 0 Å². The van der Waals surface area contributed by atoms with Crippen molar-refractivity contribution in [2.24, 2.45) is 0 Å². The molecule has 3 heterocycles. The highest BCUT2D eigenvalue weighted by Crippen LogP contribution is 2.38. The summed E-state index contributed by atoms with van der Waals surface area (Å²) < 4.78 is 2.43. The van der Waals surface area contributed by atoms with Gasteiger partial charge in [-0.2, -0.15) is 0 Å². The van der Waals surface area contributed by atoms with Gasteiger partial charge in [0.15, 0.2) is 8.07 Å². The van der Waals surface area contributed by atoms with E-state index in [9.17, 15) is 0 Å². The van der Waals surface area contributed by atoms with Crippen molar-refractivity contribution >= 4 is 66.9 Å². The molecule has 0 saturated heterocycles. The second-order valence-electron chi connectivity index (χ2n) is 10.0. The highest BCUT2D eigenvalue weighted by molar-refractivity contribution is 7.20. The number of hydrogen-bond donors (Lipinski definition) is 0. The van der Waals surface area contributed by atoms with Gasteiger partial charge in [0.1, 0.15) is 0 Å². The molecule has 8 rings (SSSR count). The number of para-hydroxylation sites is 1. The van der Waals surface area contributed by atoms with Crippen molar-refractivity contribution in [1.29, 1.82) is 0 Å². The smallest absolute Gasteiger partial charge is 0.179 e. The first-order valence-corrected chi connectivity index (χ1v) is 15.1. The number of hydrogen-bond acceptors (Lipinski definition) is 1. The fraction of sp³-hybridized carbons (Fsp3) is 0. The van der Waals surface area contributed by atoms with E-state index in [0.717, 1.165) is 0 Å². The van der Waals surface area contributed by atoms with Crippen LogP contribution in [0.2, 0.25) is 0 Å². The Morgan fingerprint density at radius 1 is 0.447 bits per heavy atom. The van der Waals surface area contributed by atoms with Crippen molar-refractivity contribution in [2.75, 3.05) is 0 Å². The van der Waals surface area contributed by atoms with E-state index in [1.54, 1.807) is 0 Å². The Hall–Kier alpha value is -4.73. The molecular weight excluding hydrogens is 476 g/mol. The van der Waals surface area contributed by atoms with E-state index in [2.05, 4.69) is 143 Å².